The Hall–Kier alpha value is -0.930. The topological polar surface area (TPSA) is 57.5 Å². The van der Waals surface area contributed by atoms with Crippen LogP contribution in [0, 0.1) is 22.7 Å². The lowest BCUT2D eigenvalue weighted by Crippen LogP contribution is -2.52. The normalized spacial score (nSPS) is 42.7. The van der Waals surface area contributed by atoms with Gasteiger partial charge in [0.2, 0.25) is 0 Å². The maximum Gasteiger partial charge on any atom is 0.181 e. The molecule has 0 bridgehead atoms. The van der Waals surface area contributed by atoms with Crippen molar-refractivity contribution in [3.63, 3.8) is 0 Å². The molecule has 0 spiro atoms. The third kappa shape index (κ3) is 2.27. The molecule has 0 aromatic carbocycles. The molecule has 0 aromatic rings. The van der Waals surface area contributed by atoms with E-state index in [1.807, 2.05) is 19.9 Å². The monoisotopic (exact) mass is 318 g/mol. The molecule has 0 aromatic heterocycles. The van der Waals surface area contributed by atoms with Gasteiger partial charge < -0.3 is 10.2 Å². The molecule has 1 fully saturated rings. The van der Waals surface area contributed by atoms with Gasteiger partial charge in [0, 0.05) is 11.0 Å². The smallest absolute Gasteiger partial charge is 0.181 e. The second-order valence-corrected chi connectivity index (χ2v) is 8.95. The third-order valence-corrected chi connectivity index (χ3v) is 7.02. The predicted molar refractivity (Wildman–Crippen MR) is 90.8 cm³/mol. The Morgan fingerprint density at radius 2 is 1.83 bits per heavy atom. The van der Waals surface area contributed by atoms with Gasteiger partial charge in [0.15, 0.2) is 5.78 Å². The van der Waals surface area contributed by atoms with Crippen molar-refractivity contribution in [2.45, 2.75) is 72.0 Å². The van der Waals surface area contributed by atoms with Gasteiger partial charge in [-0.05, 0) is 55.1 Å². The number of allylic oxidation sites excluding steroid dienone is 2. The molecular formula is C20H30O3. The summed E-state index contributed by atoms with van der Waals surface area (Å²) in [4.78, 5) is 12.8. The number of hydrogen-bond donors (Lipinski definition) is 2. The first-order valence-electron chi connectivity index (χ1n) is 8.92. The second kappa shape index (κ2) is 5.03. The fourth-order valence-corrected chi connectivity index (χ4v) is 5.11. The molecule has 23 heavy (non-hydrogen) atoms. The van der Waals surface area contributed by atoms with Crippen LogP contribution >= 0.6 is 0 Å². The Bertz CT molecular complexity index is 598. The van der Waals surface area contributed by atoms with Crippen molar-refractivity contribution in [3.8, 4) is 0 Å². The van der Waals surface area contributed by atoms with Crippen LogP contribution in [0.15, 0.2) is 23.3 Å². The molecule has 3 aliphatic rings. The van der Waals surface area contributed by atoms with Gasteiger partial charge in [-0.1, -0.05) is 40.2 Å². The van der Waals surface area contributed by atoms with E-state index in [-0.39, 0.29) is 28.4 Å². The summed E-state index contributed by atoms with van der Waals surface area (Å²) in [5, 5.41) is 21.3. The van der Waals surface area contributed by atoms with Crippen LogP contribution in [0.3, 0.4) is 0 Å². The molecule has 3 aliphatic carbocycles. The number of rotatable bonds is 1. The van der Waals surface area contributed by atoms with E-state index in [1.54, 1.807) is 6.08 Å². The summed E-state index contributed by atoms with van der Waals surface area (Å²) < 4.78 is 0. The lowest BCUT2D eigenvalue weighted by molar-refractivity contribution is -0.115. The number of ketones is 1. The summed E-state index contributed by atoms with van der Waals surface area (Å²) in [6, 6.07) is 0. The molecule has 0 heterocycles. The molecule has 1 saturated carbocycles. The molecule has 128 valence electrons. The number of fused-ring (bicyclic) bond motifs is 3. The molecule has 3 nitrogen and oxygen atoms in total. The highest BCUT2D eigenvalue weighted by Crippen LogP contribution is 2.60. The zero-order valence-electron chi connectivity index (χ0n) is 15.0. The van der Waals surface area contributed by atoms with Gasteiger partial charge in [-0.2, -0.15) is 0 Å². The van der Waals surface area contributed by atoms with E-state index in [9.17, 15) is 15.0 Å². The number of aliphatic hydroxyl groups is 2. The quantitative estimate of drug-likeness (QED) is 0.779. The predicted octanol–water partition coefficient (Wildman–Crippen LogP) is 3.41. The fraction of sp³-hybridized carbons (Fsp3) is 0.750. The van der Waals surface area contributed by atoms with Crippen molar-refractivity contribution in [1.82, 2.24) is 0 Å². The molecule has 0 saturated heterocycles. The van der Waals surface area contributed by atoms with Gasteiger partial charge in [-0.3, -0.25) is 4.79 Å². The highest BCUT2D eigenvalue weighted by molar-refractivity contribution is 6.06. The van der Waals surface area contributed by atoms with E-state index in [0.717, 1.165) is 30.4 Å². The minimum absolute atomic E-state index is 0.0309. The fourth-order valence-electron chi connectivity index (χ4n) is 5.11. The lowest BCUT2D eigenvalue weighted by atomic mass is 9.49. The van der Waals surface area contributed by atoms with Gasteiger partial charge in [0.25, 0.3) is 0 Å². The van der Waals surface area contributed by atoms with E-state index in [0.29, 0.717) is 6.42 Å². The molecule has 0 aliphatic heterocycles. The SMILES string of the molecule is CC(C)[C@]1(O)C=C2C(=O)C=C3C(C)(CC[C@@H](O)C3(C)C)C2CC1. The average Bonchev–Trinajstić information content (AvgIpc) is 2.47. The van der Waals surface area contributed by atoms with Crippen molar-refractivity contribution in [1.29, 1.82) is 0 Å². The van der Waals surface area contributed by atoms with Crippen molar-refractivity contribution in [2.75, 3.05) is 0 Å². The summed E-state index contributed by atoms with van der Waals surface area (Å²) >= 11 is 0. The standard InChI is InChI=1S/C20H30O3/c1-12(2)20(23)9-6-14-13(11-20)15(21)10-16-18(3,4)17(22)7-8-19(14,16)5/h10-12,14,17,22-23H,6-9H2,1-5H3/t14?,17-,19?,20-/m1/s1. The van der Waals surface area contributed by atoms with Gasteiger partial charge in [-0.25, -0.2) is 0 Å². The number of carbonyl (C=O) groups is 1. The molecule has 2 N–H and O–H groups in total. The number of carbonyl (C=O) groups excluding carboxylic acids is 1. The first kappa shape index (κ1) is 16.9. The van der Waals surface area contributed by atoms with Crippen molar-refractivity contribution >= 4 is 5.78 Å². The maximum atomic E-state index is 12.8. The van der Waals surface area contributed by atoms with E-state index in [4.69, 9.17) is 0 Å². The molecule has 0 radical (unpaired) electrons. The van der Waals surface area contributed by atoms with Crippen LogP contribution in [0.4, 0.5) is 0 Å². The highest BCUT2D eigenvalue weighted by Gasteiger charge is 2.55. The van der Waals surface area contributed by atoms with Crippen LogP contribution in [0.2, 0.25) is 0 Å². The number of aliphatic hydroxyl groups excluding tert-OH is 1. The third-order valence-electron chi connectivity index (χ3n) is 7.02. The minimum atomic E-state index is -0.868. The summed E-state index contributed by atoms with van der Waals surface area (Å²) in [6.45, 7) is 10.4. The van der Waals surface area contributed by atoms with Crippen LogP contribution in [0.25, 0.3) is 0 Å². The molecule has 2 unspecified atom stereocenters. The van der Waals surface area contributed by atoms with Gasteiger partial charge in [0.1, 0.15) is 0 Å². The molecule has 4 atom stereocenters. The van der Waals surface area contributed by atoms with Crippen LogP contribution in [-0.2, 0) is 4.79 Å². The first-order valence-corrected chi connectivity index (χ1v) is 8.92. The van der Waals surface area contributed by atoms with E-state index in [2.05, 4.69) is 20.8 Å². The van der Waals surface area contributed by atoms with E-state index in [1.165, 1.54) is 0 Å². The summed E-state index contributed by atoms with van der Waals surface area (Å²) in [5.41, 5.74) is 0.588. The zero-order valence-corrected chi connectivity index (χ0v) is 15.0. The zero-order chi connectivity index (χ0) is 17.2. The van der Waals surface area contributed by atoms with Crippen LogP contribution in [0.5, 0.6) is 0 Å². The number of hydrogen-bond acceptors (Lipinski definition) is 3. The van der Waals surface area contributed by atoms with Crippen LogP contribution in [-0.4, -0.2) is 27.7 Å². The maximum absolute atomic E-state index is 12.8. The highest BCUT2D eigenvalue weighted by atomic mass is 16.3. The Morgan fingerprint density at radius 1 is 1.17 bits per heavy atom. The molecule has 0 amide bonds. The van der Waals surface area contributed by atoms with E-state index < -0.39 is 11.7 Å². The molecular weight excluding hydrogens is 288 g/mol. The van der Waals surface area contributed by atoms with Gasteiger partial charge >= 0.3 is 0 Å². The summed E-state index contributed by atoms with van der Waals surface area (Å²) in [5.74, 6) is 0.302. The average molecular weight is 318 g/mol. The van der Waals surface area contributed by atoms with Crippen molar-refractivity contribution < 1.29 is 15.0 Å². The van der Waals surface area contributed by atoms with Crippen LogP contribution < -0.4 is 0 Å². The van der Waals surface area contributed by atoms with Crippen molar-refractivity contribution in [3.05, 3.63) is 23.3 Å². The van der Waals surface area contributed by atoms with E-state index >= 15 is 0 Å². The second-order valence-electron chi connectivity index (χ2n) is 8.95. The van der Waals surface area contributed by atoms with Crippen molar-refractivity contribution in [2.24, 2.45) is 22.7 Å². The Balaban J connectivity index is 2.12. The van der Waals surface area contributed by atoms with Gasteiger partial charge in [-0.15, -0.1) is 0 Å². The lowest BCUT2D eigenvalue weighted by Gasteiger charge is -2.56. The summed E-state index contributed by atoms with van der Waals surface area (Å²) in [7, 11) is 0. The summed E-state index contributed by atoms with van der Waals surface area (Å²) in [6.07, 6.45) is 6.44. The Kier molecular flexibility index (Phi) is 3.70. The minimum Gasteiger partial charge on any atom is -0.392 e. The Labute approximate surface area is 139 Å². The largest absolute Gasteiger partial charge is 0.392 e. The first-order chi connectivity index (χ1) is 10.5. The van der Waals surface area contributed by atoms with Crippen LogP contribution in [0.1, 0.15) is 60.3 Å². The van der Waals surface area contributed by atoms with Gasteiger partial charge in [0.05, 0.1) is 11.7 Å². The molecule has 3 heteroatoms. The molecule has 3 rings (SSSR count). The Morgan fingerprint density at radius 3 is 2.43 bits per heavy atom.